The van der Waals surface area contributed by atoms with Crippen molar-refractivity contribution < 1.29 is 4.74 Å². The molecule has 0 aliphatic carbocycles. The van der Waals surface area contributed by atoms with Crippen molar-refractivity contribution in [2.24, 2.45) is 5.92 Å². The third-order valence-corrected chi connectivity index (χ3v) is 7.53. The lowest BCUT2D eigenvalue weighted by Crippen LogP contribution is -2.40. The number of likely N-dealkylation sites (N-methyl/N-ethyl adjacent to an activating group) is 1. The van der Waals surface area contributed by atoms with Crippen molar-refractivity contribution >= 4 is 11.5 Å². The van der Waals surface area contributed by atoms with E-state index in [1.807, 2.05) is 0 Å². The van der Waals surface area contributed by atoms with Gasteiger partial charge in [-0.3, -0.25) is 4.98 Å². The number of hydrogen-bond donors (Lipinski definition) is 0. The fourth-order valence-corrected chi connectivity index (χ4v) is 5.55. The molecule has 2 aromatic heterocycles. The summed E-state index contributed by atoms with van der Waals surface area (Å²) < 4.78 is 6.20. The van der Waals surface area contributed by atoms with Gasteiger partial charge in [0.05, 0.1) is 29.7 Å². The van der Waals surface area contributed by atoms with Crippen LogP contribution in [0.3, 0.4) is 0 Å². The van der Waals surface area contributed by atoms with E-state index in [0.29, 0.717) is 43.2 Å². The van der Waals surface area contributed by atoms with Crippen LogP contribution in [-0.4, -0.2) is 72.3 Å². The van der Waals surface area contributed by atoms with E-state index in [1.165, 1.54) is 6.42 Å². The molecule has 182 valence electrons. The van der Waals surface area contributed by atoms with Crippen LogP contribution < -0.4 is 14.5 Å². The molecule has 0 radical (unpaired) electrons. The van der Waals surface area contributed by atoms with E-state index in [9.17, 15) is 5.26 Å². The Balaban J connectivity index is 1.45. The molecule has 0 saturated carbocycles. The third kappa shape index (κ3) is 5.01. The Bertz CT molecular complexity index is 1140. The highest BCUT2D eigenvalue weighted by atomic mass is 16.5. The number of rotatable bonds is 6. The first-order valence-electron chi connectivity index (χ1n) is 12.6. The fraction of sp³-hybridized carbons (Fsp3) is 0.577. The zero-order valence-electron chi connectivity index (χ0n) is 20.4. The van der Waals surface area contributed by atoms with Gasteiger partial charge in [0.25, 0.3) is 0 Å². The second kappa shape index (κ2) is 10.5. The summed E-state index contributed by atoms with van der Waals surface area (Å²) in [7, 11) is 2.14. The molecule has 9 heteroatoms. The van der Waals surface area contributed by atoms with Gasteiger partial charge < -0.3 is 24.3 Å². The van der Waals surface area contributed by atoms with Crippen LogP contribution in [0.2, 0.25) is 0 Å². The van der Waals surface area contributed by atoms with Crippen molar-refractivity contribution in [1.82, 2.24) is 19.9 Å². The van der Waals surface area contributed by atoms with Crippen LogP contribution >= 0.6 is 0 Å². The topological polar surface area (TPSA) is 85.8 Å². The van der Waals surface area contributed by atoms with Gasteiger partial charge in [0, 0.05) is 43.4 Å². The van der Waals surface area contributed by atoms with Gasteiger partial charge in [-0.1, -0.05) is 0 Å². The molecule has 2 atom stereocenters. The van der Waals surface area contributed by atoms with E-state index < -0.39 is 0 Å². The molecule has 3 aliphatic heterocycles. The summed E-state index contributed by atoms with van der Waals surface area (Å²) >= 11 is 0. The zero-order valence-corrected chi connectivity index (χ0v) is 20.4. The first kappa shape index (κ1) is 23.3. The first-order valence-corrected chi connectivity index (χ1v) is 12.6. The fourth-order valence-electron chi connectivity index (χ4n) is 5.55. The summed E-state index contributed by atoms with van der Waals surface area (Å²) in [6.07, 6.45) is 8.69. The molecule has 3 aliphatic rings. The number of likely N-dealkylation sites (tertiary alicyclic amines) is 1. The number of fused-ring (bicyclic) bond motifs is 1. The SMILES string of the molecule is [C-]#[N+]CC1CCCN(c2nc(OC[C@@H]3CCCN3C)nc3c2CCN(c2cnccc2C#N)C3)C1. The van der Waals surface area contributed by atoms with Crippen LogP contribution in [0.15, 0.2) is 18.5 Å². The van der Waals surface area contributed by atoms with Crippen molar-refractivity contribution in [3.63, 3.8) is 0 Å². The van der Waals surface area contributed by atoms with E-state index in [4.69, 9.17) is 21.3 Å². The number of nitrogens with zero attached hydrogens (tertiary/aromatic N) is 8. The maximum Gasteiger partial charge on any atom is 0.318 e. The number of pyridine rings is 1. The monoisotopic (exact) mass is 472 g/mol. The predicted octanol–water partition coefficient (Wildman–Crippen LogP) is 2.91. The Morgan fingerprint density at radius 1 is 1.20 bits per heavy atom. The molecule has 1 unspecified atom stereocenters. The molecule has 0 spiro atoms. The first-order chi connectivity index (χ1) is 17.2. The van der Waals surface area contributed by atoms with Crippen LogP contribution in [0.5, 0.6) is 6.01 Å². The van der Waals surface area contributed by atoms with Crippen LogP contribution in [0.1, 0.15) is 42.5 Å². The molecule has 0 amide bonds. The van der Waals surface area contributed by atoms with Crippen molar-refractivity contribution in [2.75, 3.05) is 56.2 Å². The molecule has 2 saturated heterocycles. The summed E-state index contributed by atoms with van der Waals surface area (Å²) in [6.45, 7) is 12.7. The van der Waals surface area contributed by atoms with Gasteiger partial charge in [0.2, 0.25) is 6.54 Å². The Morgan fingerprint density at radius 3 is 2.89 bits per heavy atom. The summed E-state index contributed by atoms with van der Waals surface area (Å²) in [5.41, 5.74) is 3.58. The Kier molecular flexibility index (Phi) is 6.96. The quantitative estimate of drug-likeness (QED) is 0.594. The highest BCUT2D eigenvalue weighted by Crippen LogP contribution is 2.33. The predicted molar refractivity (Wildman–Crippen MR) is 133 cm³/mol. The number of anilines is 2. The van der Waals surface area contributed by atoms with Gasteiger partial charge in [-0.2, -0.15) is 15.2 Å². The molecular formula is C26H32N8O. The molecule has 2 aromatic rings. The highest BCUT2D eigenvalue weighted by molar-refractivity contribution is 5.60. The molecular weight excluding hydrogens is 440 g/mol. The molecule has 0 bridgehead atoms. The summed E-state index contributed by atoms with van der Waals surface area (Å²) in [5, 5.41) is 9.58. The van der Waals surface area contributed by atoms with Gasteiger partial charge in [-0.05, 0) is 51.8 Å². The third-order valence-electron chi connectivity index (χ3n) is 7.53. The molecule has 9 nitrogen and oxygen atoms in total. The van der Waals surface area contributed by atoms with Gasteiger partial charge in [-0.25, -0.2) is 6.57 Å². The summed E-state index contributed by atoms with van der Waals surface area (Å²) in [6, 6.07) is 4.87. The minimum absolute atomic E-state index is 0.372. The van der Waals surface area contributed by atoms with Crippen LogP contribution in [0, 0.1) is 23.8 Å². The maximum absolute atomic E-state index is 9.58. The lowest BCUT2D eigenvalue weighted by molar-refractivity contribution is 0.187. The maximum atomic E-state index is 9.58. The minimum atomic E-state index is 0.372. The van der Waals surface area contributed by atoms with E-state index in [0.717, 1.165) is 74.6 Å². The number of hydrogen-bond acceptors (Lipinski definition) is 8. The summed E-state index contributed by atoms with van der Waals surface area (Å²) in [4.78, 5) is 24.6. The largest absolute Gasteiger partial charge is 0.462 e. The van der Waals surface area contributed by atoms with Crippen molar-refractivity contribution in [1.29, 1.82) is 5.26 Å². The van der Waals surface area contributed by atoms with Crippen LogP contribution in [0.4, 0.5) is 11.5 Å². The summed E-state index contributed by atoms with van der Waals surface area (Å²) in [5.74, 6) is 1.34. The average Bonchev–Trinajstić information content (AvgIpc) is 3.31. The van der Waals surface area contributed by atoms with Crippen LogP contribution in [-0.2, 0) is 13.0 Å². The molecule has 5 heterocycles. The smallest absolute Gasteiger partial charge is 0.318 e. The highest BCUT2D eigenvalue weighted by Gasteiger charge is 2.30. The number of ether oxygens (including phenoxy) is 1. The molecule has 0 aromatic carbocycles. The van der Waals surface area contributed by atoms with Crippen molar-refractivity contribution in [3.8, 4) is 12.1 Å². The van der Waals surface area contributed by atoms with Crippen molar-refractivity contribution in [2.45, 2.75) is 44.7 Å². The lowest BCUT2D eigenvalue weighted by Gasteiger charge is -2.36. The molecule has 0 N–H and O–H groups in total. The Labute approximate surface area is 207 Å². The second-order valence-corrected chi connectivity index (χ2v) is 9.81. The number of aromatic nitrogens is 3. The van der Waals surface area contributed by atoms with Gasteiger partial charge in [-0.15, -0.1) is 0 Å². The minimum Gasteiger partial charge on any atom is -0.462 e. The van der Waals surface area contributed by atoms with E-state index in [2.05, 4.69) is 37.6 Å². The zero-order chi connectivity index (χ0) is 24.2. The van der Waals surface area contributed by atoms with E-state index in [-0.39, 0.29) is 0 Å². The van der Waals surface area contributed by atoms with Gasteiger partial charge in [0.15, 0.2) is 0 Å². The molecule has 5 rings (SSSR count). The molecule has 35 heavy (non-hydrogen) atoms. The lowest BCUT2D eigenvalue weighted by atomic mass is 9.96. The van der Waals surface area contributed by atoms with E-state index in [1.54, 1.807) is 18.5 Å². The molecule has 2 fully saturated rings. The van der Waals surface area contributed by atoms with Crippen LogP contribution in [0.25, 0.3) is 4.85 Å². The average molecular weight is 473 g/mol. The van der Waals surface area contributed by atoms with Gasteiger partial charge >= 0.3 is 6.01 Å². The van der Waals surface area contributed by atoms with E-state index >= 15 is 0 Å². The van der Waals surface area contributed by atoms with Gasteiger partial charge in [0.1, 0.15) is 18.5 Å². The second-order valence-electron chi connectivity index (χ2n) is 9.81. The number of piperidine rings is 1. The van der Waals surface area contributed by atoms with Crippen molar-refractivity contribution in [3.05, 3.63) is 46.7 Å². The Morgan fingerprint density at radius 2 is 2.09 bits per heavy atom. The Hall–Kier alpha value is -3.43. The standard InChI is InChI=1S/C26H32N8O/c1-28-14-19-5-3-11-34(16-19)25-22-8-12-33(24-15-29-9-7-20(24)13-27)17-23(22)30-26(31-25)35-18-21-6-4-10-32(21)2/h7,9,15,19,21H,3-6,8,10-12,14,16-18H2,2H3/t19?,21-/m0/s1. The number of nitriles is 1. The normalized spacial score (nSPS) is 22.4.